The van der Waals surface area contributed by atoms with Gasteiger partial charge in [0.05, 0.1) is 23.1 Å². The molecule has 0 radical (unpaired) electrons. The largest absolute Gasteiger partial charge is 0.373 e. The number of imidazole rings is 1. The predicted octanol–water partition coefficient (Wildman–Crippen LogP) is 3.06. The van der Waals surface area contributed by atoms with E-state index in [9.17, 15) is 9.90 Å². The number of likely N-dealkylation sites (tertiary alicyclic amines) is 1. The smallest absolute Gasteiger partial charge is 0.262 e. The molecule has 6 heterocycles. The van der Waals surface area contributed by atoms with Gasteiger partial charge >= 0.3 is 0 Å². The number of hydrogen-bond acceptors (Lipinski definition) is 9. The lowest BCUT2D eigenvalue weighted by atomic mass is 9.98. The van der Waals surface area contributed by atoms with Crippen molar-refractivity contribution in [2.75, 3.05) is 18.9 Å². The fourth-order valence-electron chi connectivity index (χ4n) is 4.44. The fourth-order valence-corrected chi connectivity index (χ4v) is 4.44. The summed E-state index contributed by atoms with van der Waals surface area (Å²) in [4.78, 5) is 31.9. The number of nitrogens with zero attached hydrogens (tertiary/aromatic N) is 7. The SMILES string of the molecule is CC(Nc1nccc(-c2cccc(-c3cc(C4(O)CCN(C)C4=O)on3)n2)n1)c1ccn2ccnc2c1. The topological polar surface area (TPSA) is 135 Å². The molecule has 1 aliphatic rings. The maximum Gasteiger partial charge on any atom is 0.262 e. The third-order valence-electron chi connectivity index (χ3n) is 6.62. The van der Waals surface area contributed by atoms with Crippen LogP contribution in [0.25, 0.3) is 28.4 Å². The Morgan fingerprint density at radius 3 is 2.65 bits per heavy atom. The van der Waals surface area contributed by atoms with Crippen LogP contribution in [0.2, 0.25) is 0 Å². The Morgan fingerprint density at radius 1 is 1.03 bits per heavy atom. The second-order valence-electron chi connectivity index (χ2n) is 9.11. The van der Waals surface area contributed by atoms with Gasteiger partial charge in [-0.3, -0.25) is 4.79 Å². The van der Waals surface area contributed by atoms with Crippen LogP contribution in [0.1, 0.15) is 30.7 Å². The molecule has 2 unspecified atom stereocenters. The van der Waals surface area contributed by atoms with Crippen LogP contribution in [0.5, 0.6) is 0 Å². The van der Waals surface area contributed by atoms with Crippen LogP contribution in [0.3, 0.4) is 0 Å². The number of rotatable bonds is 6. The lowest BCUT2D eigenvalue weighted by Crippen LogP contribution is -2.35. The first-order valence-corrected chi connectivity index (χ1v) is 11.9. The second-order valence-corrected chi connectivity index (χ2v) is 9.11. The molecular formula is C26H24N8O3. The average molecular weight is 497 g/mol. The van der Waals surface area contributed by atoms with Gasteiger partial charge < -0.3 is 24.2 Å². The number of nitrogens with one attached hydrogen (secondary N) is 1. The molecule has 0 bridgehead atoms. The molecule has 11 heteroatoms. The van der Waals surface area contributed by atoms with Crippen molar-refractivity contribution >= 4 is 17.5 Å². The van der Waals surface area contributed by atoms with Crippen molar-refractivity contribution in [2.24, 2.45) is 0 Å². The van der Waals surface area contributed by atoms with E-state index in [2.05, 4.69) is 30.4 Å². The zero-order valence-electron chi connectivity index (χ0n) is 20.2. The van der Waals surface area contributed by atoms with Crippen molar-refractivity contribution in [3.63, 3.8) is 0 Å². The quantitative estimate of drug-likeness (QED) is 0.364. The van der Waals surface area contributed by atoms with Crippen LogP contribution >= 0.6 is 0 Å². The highest BCUT2D eigenvalue weighted by atomic mass is 16.5. The lowest BCUT2D eigenvalue weighted by molar-refractivity contribution is -0.144. The summed E-state index contributed by atoms with van der Waals surface area (Å²) >= 11 is 0. The van der Waals surface area contributed by atoms with E-state index in [1.165, 1.54) is 4.90 Å². The number of aromatic nitrogens is 6. The van der Waals surface area contributed by atoms with Crippen molar-refractivity contribution in [3.05, 3.63) is 78.6 Å². The maximum absolute atomic E-state index is 12.4. The minimum absolute atomic E-state index is 0.0482. The molecule has 0 aromatic carbocycles. The summed E-state index contributed by atoms with van der Waals surface area (Å²) in [7, 11) is 1.65. The van der Waals surface area contributed by atoms with Crippen molar-refractivity contribution in [1.29, 1.82) is 0 Å². The molecule has 5 aromatic rings. The van der Waals surface area contributed by atoms with Gasteiger partial charge in [0.25, 0.3) is 5.91 Å². The third-order valence-corrected chi connectivity index (χ3v) is 6.62. The van der Waals surface area contributed by atoms with Crippen LogP contribution < -0.4 is 5.32 Å². The molecule has 1 saturated heterocycles. The maximum atomic E-state index is 12.4. The van der Waals surface area contributed by atoms with Gasteiger partial charge in [0, 0.05) is 50.9 Å². The summed E-state index contributed by atoms with van der Waals surface area (Å²) in [5, 5.41) is 18.2. The Bertz CT molecular complexity index is 1610. The number of carbonyl (C=O) groups is 1. The minimum atomic E-state index is -1.70. The summed E-state index contributed by atoms with van der Waals surface area (Å²) in [6.45, 7) is 2.48. The van der Waals surface area contributed by atoms with E-state index in [-0.39, 0.29) is 18.2 Å². The van der Waals surface area contributed by atoms with Crippen molar-refractivity contribution in [3.8, 4) is 22.8 Å². The molecule has 0 saturated carbocycles. The molecule has 2 atom stereocenters. The summed E-state index contributed by atoms with van der Waals surface area (Å²) in [6, 6.07) is 12.8. The Hall–Kier alpha value is -4.64. The number of amides is 1. The fraction of sp³-hybridized carbons (Fsp3) is 0.231. The predicted molar refractivity (Wildman–Crippen MR) is 134 cm³/mol. The highest BCUT2D eigenvalue weighted by molar-refractivity contribution is 5.87. The van der Waals surface area contributed by atoms with Gasteiger partial charge in [-0.1, -0.05) is 11.2 Å². The van der Waals surface area contributed by atoms with Crippen molar-refractivity contribution in [1.82, 2.24) is 34.4 Å². The highest BCUT2D eigenvalue weighted by Crippen LogP contribution is 2.34. The number of aliphatic hydroxyl groups is 1. The Kier molecular flexibility index (Phi) is 5.41. The molecule has 1 fully saturated rings. The van der Waals surface area contributed by atoms with Crippen LogP contribution in [0.4, 0.5) is 5.95 Å². The Labute approximate surface area is 211 Å². The highest BCUT2D eigenvalue weighted by Gasteiger charge is 2.48. The Morgan fingerprint density at radius 2 is 1.84 bits per heavy atom. The number of pyridine rings is 2. The van der Waals surface area contributed by atoms with Crippen LogP contribution in [-0.4, -0.2) is 59.0 Å². The van der Waals surface area contributed by atoms with Gasteiger partial charge in [0.2, 0.25) is 11.5 Å². The number of carbonyl (C=O) groups excluding carboxylic acids is 1. The van der Waals surface area contributed by atoms with E-state index in [0.29, 0.717) is 35.3 Å². The van der Waals surface area contributed by atoms with Gasteiger partial charge in [-0.05, 0) is 42.8 Å². The molecule has 1 amide bonds. The average Bonchev–Trinajstić information content (AvgIpc) is 3.66. The normalized spacial score (nSPS) is 18.5. The van der Waals surface area contributed by atoms with Gasteiger partial charge in [0.1, 0.15) is 11.3 Å². The standard InChI is InChI=1S/C26H24N8O3/c1-16(17-7-11-34-13-10-27-23(34)14-17)29-25-28-9-6-20(31-25)18-4-3-5-19(30-18)21-15-22(37-32-21)26(36)8-12-33(2)24(26)35/h3-7,9-11,13-16,36H,8,12H2,1-2H3,(H,28,29,31). The van der Waals surface area contributed by atoms with Crippen molar-refractivity contribution in [2.45, 2.75) is 25.0 Å². The summed E-state index contributed by atoms with van der Waals surface area (Å²) < 4.78 is 7.32. The number of likely N-dealkylation sites (N-methyl/N-ethyl adjacent to an activating group) is 1. The summed E-state index contributed by atoms with van der Waals surface area (Å²) in [6.07, 6.45) is 7.56. The van der Waals surface area contributed by atoms with E-state index < -0.39 is 11.5 Å². The van der Waals surface area contributed by atoms with Crippen LogP contribution in [0.15, 0.2) is 71.8 Å². The molecule has 0 spiro atoms. The molecule has 5 aromatic heterocycles. The third kappa shape index (κ3) is 4.08. The monoisotopic (exact) mass is 496 g/mol. The van der Waals surface area contributed by atoms with Crippen LogP contribution in [0, 0.1) is 0 Å². The molecule has 11 nitrogen and oxygen atoms in total. The number of anilines is 1. The van der Waals surface area contributed by atoms with E-state index in [1.807, 2.05) is 48.0 Å². The zero-order valence-corrected chi connectivity index (χ0v) is 20.2. The number of fused-ring (bicyclic) bond motifs is 1. The molecule has 1 aliphatic heterocycles. The first-order chi connectivity index (χ1) is 17.9. The first kappa shape index (κ1) is 22.8. The van der Waals surface area contributed by atoms with Crippen LogP contribution in [-0.2, 0) is 10.4 Å². The van der Waals surface area contributed by atoms with Gasteiger partial charge in [0.15, 0.2) is 5.76 Å². The van der Waals surface area contributed by atoms with E-state index in [4.69, 9.17) is 4.52 Å². The first-order valence-electron chi connectivity index (χ1n) is 11.9. The van der Waals surface area contributed by atoms with Gasteiger partial charge in [-0.25, -0.2) is 19.9 Å². The second kappa shape index (κ2) is 8.79. The molecule has 0 aliphatic carbocycles. The zero-order chi connectivity index (χ0) is 25.6. The summed E-state index contributed by atoms with van der Waals surface area (Å²) in [5.41, 5.74) is 2.42. The van der Waals surface area contributed by atoms with E-state index >= 15 is 0 Å². The van der Waals surface area contributed by atoms with Gasteiger partial charge in [-0.2, -0.15) is 0 Å². The molecule has 2 N–H and O–H groups in total. The molecule has 37 heavy (non-hydrogen) atoms. The number of hydrogen-bond donors (Lipinski definition) is 2. The lowest BCUT2D eigenvalue weighted by Gasteiger charge is -2.16. The molecular weight excluding hydrogens is 472 g/mol. The van der Waals surface area contributed by atoms with Gasteiger partial charge in [-0.15, -0.1) is 0 Å². The van der Waals surface area contributed by atoms with E-state index in [1.54, 1.807) is 37.6 Å². The summed E-state index contributed by atoms with van der Waals surface area (Å²) in [5.74, 6) is 0.173. The Balaban J connectivity index is 1.23. The van der Waals surface area contributed by atoms with Crippen molar-refractivity contribution < 1.29 is 14.4 Å². The molecule has 6 rings (SSSR count). The minimum Gasteiger partial charge on any atom is -0.373 e. The van der Waals surface area contributed by atoms with E-state index in [0.717, 1.165) is 11.2 Å². The molecule has 186 valence electrons.